The van der Waals surface area contributed by atoms with Crippen molar-refractivity contribution in [1.82, 2.24) is 0 Å². The highest BCUT2D eigenvalue weighted by atomic mass is 16.3. The number of terminal acetylenes is 1. The molecular formula is C24H40O. The van der Waals surface area contributed by atoms with E-state index in [1.807, 2.05) is 0 Å². The number of aliphatic hydroxyl groups is 1. The monoisotopic (exact) mass is 344 g/mol. The minimum absolute atomic E-state index is 0.0262. The zero-order valence-corrected chi connectivity index (χ0v) is 16.7. The molecule has 0 bridgehead atoms. The van der Waals surface area contributed by atoms with Crippen LogP contribution in [0.25, 0.3) is 0 Å². The maximum absolute atomic E-state index is 10.7. The van der Waals surface area contributed by atoms with E-state index in [0.29, 0.717) is 0 Å². The molecule has 0 heterocycles. The van der Waals surface area contributed by atoms with Crippen molar-refractivity contribution in [2.75, 3.05) is 0 Å². The van der Waals surface area contributed by atoms with Gasteiger partial charge >= 0.3 is 0 Å². The summed E-state index contributed by atoms with van der Waals surface area (Å²) < 4.78 is 0. The lowest BCUT2D eigenvalue weighted by Gasteiger charge is -2.47. The molecular weight excluding hydrogens is 304 g/mol. The first-order valence-electron chi connectivity index (χ1n) is 11.2. The Bertz CT molecular complexity index is 437. The molecule has 0 spiro atoms. The van der Waals surface area contributed by atoms with Crippen molar-refractivity contribution in [1.29, 1.82) is 0 Å². The molecule has 0 amide bonds. The Labute approximate surface area is 156 Å². The third-order valence-corrected chi connectivity index (χ3v) is 8.32. The van der Waals surface area contributed by atoms with E-state index in [0.717, 1.165) is 29.6 Å². The van der Waals surface area contributed by atoms with Crippen LogP contribution in [0.2, 0.25) is 0 Å². The van der Waals surface area contributed by atoms with Gasteiger partial charge in [-0.3, -0.25) is 0 Å². The number of aliphatic hydroxyl groups excluding tert-OH is 1. The van der Waals surface area contributed by atoms with E-state index in [2.05, 4.69) is 19.8 Å². The molecule has 1 nitrogen and oxygen atoms in total. The zero-order chi connectivity index (χ0) is 17.9. The fourth-order valence-corrected chi connectivity index (χ4v) is 6.32. The van der Waals surface area contributed by atoms with E-state index < -0.39 is 6.10 Å². The maximum Gasteiger partial charge on any atom is 0.120 e. The summed E-state index contributed by atoms with van der Waals surface area (Å²) in [7, 11) is 0. The predicted molar refractivity (Wildman–Crippen MR) is 106 cm³/mol. The largest absolute Gasteiger partial charge is 0.380 e. The van der Waals surface area contributed by atoms with Crippen LogP contribution in [0, 0.1) is 47.3 Å². The summed E-state index contributed by atoms with van der Waals surface area (Å²) in [5.41, 5.74) is 0.0262. The summed E-state index contributed by atoms with van der Waals surface area (Å²) in [5.74, 6) is 7.22. The molecule has 0 saturated heterocycles. The standard InChI is InChI=1S/C24H40O/c1-4-23(25)24(17-20-9-5-18(2)6-10-20)15-13-22(14-16-24)21-11-7-19(3)8-12-21/h1,18-23,25H,5-17H2,2-3H3. The summed E-state index contributed by atoms with van der Waals surface area (Å²) in [4.78, 5) is 0. The van der Waals surface area contributed by atoms with Gasteiger partial charge in [0.2, 0.25) is 0 Å². The molecule has 3 saturated carbocycles. The van der Waals surface area contributed by atoms with Crippen molar-refractivity contribution in [2.24, 2.45) is 35.0 Å². The summed E-state index contributed by atoms with van der Waals surface area (Å²) >= 11 is 0. The summed E-state index contributed by atoms with van der Waals surface area (Å²) in [6.07, 6.45) is 22.5. The topological polar surface area (TPSA) is 20.2 Å². The highest BCUT2D eigenvalue weighted by molar-refractivity contribution is 5.06. The molecule has 1 N–H and O–H groups in total. The lowest BCUT2D eigenvalue weighted by molar-refractivity contribution is -0.0153. The summed E-state index contributed by atoms with van der Waals surface area (Å²) in [5, 5.41) is 10.7. The van der Waals surface area contributed by atoms with Crippen LogP contribution in [-0.4, -0.2) is 11.2 Å². The first-order chi connectivity index (χ1) is 12.0. The lowest BCUT2D eigenvalue weighted by atomic mass is 9.59. The quantitative estimate of drug-likeness (QED) is 0.602. The molecule has 1 atom stereocenters. The van der Waals surface area contributed by atoms with Crippen LogP contribution in [0.4, 0.5) is 0 Å². The summed E-state index contributed by atoms with van der Waals surface area (Å²) in [6.45, 7) is 4.80. The molecule has 25 heavy (non-hydrogen) atoms. The molecule has 3 aliphatic carbocycles. The van der Waals surface area contributed by atoms with Crippen molar-refractivity contribution in [3.8, 4) is 12.3 Å². The van der Waals surface area contributed by atoms with Crippen molar-refractivity contribution in [2.45, 2.75) is 103 Å². The predicted octanol–water partition coefficient (Wildman–Crippen LogP) is 6.20. The van der Waals surface area contributed by atoms with Crippen molar-refractivity contribution in [3.05, 3.63) is 0 Å². The second-order valence-corrected chi connectivity index (χ2v) is 10.1. The van der Waals surface area contributed by atoms with E-state index in [4.69, 9.17) is 6.42 Å². The lowest BCUT2D eigenvalue weighted by Crippen LogP contribution is -2.41. The Morgan fingerprint density at radius 3 is 1.84 bits per heavy atom. The van der Waals surface area contributed by atoms with Crippen LogP contribution in [0.15, 0.2) is 0 Å². The van der Waals surface area contributed by atoms with Crippen molar-refractivity contribution < 1.29 is 5.11 Å². The van der Waals surface area contributed by atoms with E-state index in [1.165, 1.54) is 83.5 Å². The smallest absolute Gasteiger partial charge is 0.120 e. The molecule has 0 radical (unpaired) electrons. The van der Waals surface area contributed by atoms with Crippen LogP contribution >= 0.6 is 0 Å². The molecule has 0 aromatic heterocycles. The molecule has 3 rings (SSSR count). The van der Waals surface area contributed by atoms with Crippen LogP contribution in [0.5, 0.6) is 0 Å². The Morgan fingerprint density at radius 1 is 0.840 bits per heavy atom. The molecule has 0 aliphatic heterocycles. The molecule has 0 aromatic rings. The van der Waals surface area contributed by atoms with Gasteiger partial charge in [0.1, 0.15) is 6.10 Å². The minimum Gasteiger partial charge on any atom is -0.380 e. The van der Waals surface area contributed by atoms with Crippen LogP contribution in [-0.2, 0) is 0 Å². The van der Waals surface area contributed by atoms with Gasteiger partial charge in [-0.1, -0.05) is 58.3 Å². The SMILES string of the molecule is C#CC(O)C1(CC2CCC(C)CC2)CCC(C2CCC(C)CC2)CC1. The van der Waals surface area contributed by atoms with Gasteiger partial charge in [0, 0.05) is 5.41 Å². The van der Waals surface area contributed by atoms with Crippen LogP contribution in [0.1, 0.15) is 97.3 Å². The van der Waals surface area contributed by atoms with Gasteiger partial charge in [-0.2, -0.15) is 0 Å². The Hall–Kier alpha value is -0.480. The minimum atomic E-state index is -0.529. The average Bonchev–Trinajstić information content (AvgIpc) is 2.64. The van der Waals surface area contributed by atoms with Gasteiger partial charge in [-0.25, -0.2) is 0 Å². The van der Waals surface area contributed by atoms with E-state index in [-0.39, 0.29) is 5.41 Å². The molecule has 0 aromatic carbocycles. The Balaban J connectivity index is 1.58. The molecule has 3 fully saturated rings. The van der Waals surface area contributed by atoms with E-state index in [1.54, 1.807) is 0 Å². The van der Waals surface area contributed by atoms with Gasteiger partial charge in [0.05, 0.1) is 0 Å². The second kappa shape index (κ2) is 8.47. The third-order valence-electron chi connectivity index (χ3n) is 8.32. The molecule has 1 heteroatoms. The summed E-state index contributed by atoms with van der Waals surface area (Å²) in [6, 6.07) is 0. The highest BCUT2D eigenvalue weighted by Gasteiger charge is 2.43. The molecule has 3 aliphatic rings. The van der Waals surface area contributed by atoms with Gasteiger partial charge in [0.25, 0.3) is 0 Å². The third kappa shape index (κ3) is 4.63. The zero-order valence-electron chi connectivity index (χ0n) is 16.7. The van der Waals surface area contributed by atoms with Crippen molar-refractivity contribution >= 4 is 0 Å². The van der Waals surface area contributed by atoms with Gasteiger partial charge in [0.15, 0.2) is 0 Å². The molecule has 1 unspecified atom stereocenters. The number of hydrogen-bond acceptors (Lipinski definition) is 1. The van der Waals surface area contributed by atoms with Gasteiger partial charge in [-0.15, -0.1) is 6.42 Å². The van der Waals surface area contributed by atoms with Crippen molar-refractivity contribution in [3.63, 3.8) is 0 Å². The fraction of sp³-hybridized carbons (Fsp3) is 0.917. The normalized spacial score (nSPS) is 44.0. The molecule has 142 valence electrons. The second-order valence-electron chi connectivity index (χ2n) is 10.1. The van der Waals surface area contributed by atoms with Crippen LogP contribution < -0.4 is 0 Å². The van der Waals surface area contributed by atoms with Gasteiger partial charge in [-0.05, 0) is 74.5 Å². The average molecular weight is 345 g/mol. The fourth-order valence-electron chi connectivity index (χ4n) is 6.32. The Kier molecular flexibility index (Phi) is 6.54. The Morgan fingerprint density at radius 2 is 1.32 bits per heavy atom. The van der Waals surface area contributed by atoms with E-state index >= 15 is 0 Å². The maximum atomic E-state index is 10.7. The first kappa shape index (κ1) is 19.3. The highest BCUT2D eigenvalue weighted by Crippen LogP contribution is 2.51. The van der Waals surface area contributed by atoms with Crippen LogP contribution in [0.3, 0.4) is 0 Å². The van der Waals surface area contributed by atoms with Gasteiger partial charge < -0.3 is 5.11 Å². The number of rotatable bonds is 4. The first-order valence-corrected chi connectivity index (χ1v) is 11.2. The number of hydrogen-bond donors (Lipinski definition) is 1. The van der Waals surface area contributed by atoms with E-state index in [9.17, 15) is 5.11 Å².